The Hall–Kier alpha value is 0.500. The van der Waals surface area contributed by atoms with Crippen LogP contribution in [-0.2, 0) is 26.8 Å². The van der Waals surface area contributed by atoms with Gasteiger partial charge in [0.1, 0.15) is 0 Å². The number of aromatic nitrogens is 2. The Bertz CT molecular complexity index is 763. The number of rotatable bonds is 9. The van der Waals surface area contributed by atoms with Gasteiger partial charge in [-0.05, 0) is 12.8 Å². The summed E-state index contributed by atoms with van der Waals surface area (Å²) in [6, 6.07) is 2.40. The molecule has 1 aromatic rings. The fourth-order valence-corrected chi connectivity index (χ4v) is 2.42. The van der Waals surface area contributed by atoms with E-state index in [-0.39, 0.29) is 91.0 Å². The molecule has 1 rings (SSSR count). The maximum Gasteiger partial charge on any atom is 1.00 e. The van der Waals surface area contributed by atoms with E-state index in [1.54, 1.807) is 0 Å². The van der Waals surface area contributed by atoms with Crippen molar-refractivity contribution in [3.63, 3.8) is 0 Å². The average Bonchev–Trinajstić information content (AvgIpc) is 2.35. The third-order valence-electron chi connectivity index (χ3n) is 2.40. The minimum Gasteiger partial charge on any atom is -0.748 e. The first-order valence-electron chi connectivity index (χ1n) is 6.15. The molecule has 0 saturated carbocycles. The second kappa shape index (κ2) is 12.0. The smallest absolute Gasteiger partial charge is 0.748 e. The van der Waals surface area contributed by atoms with E-state index in [2.05, 4.69) is 5.10 Å². The predicted octanol–water partition coefficient (Wildman–Crippen LogP) is -7.50. The summed E-state index contributed by atoms with van der Waals surface area (Å²) in [4.78, 5) is 11.5. The summed E-state index contributed by atoms with van der Waals surface area (Å²) < 4.78 is 68.6. The molecule has 0 unspecified atom stereocenters. The van der Waals surface area contributed by atoms with E-state index >= 15 is 0 Å². The topological polar surface area (TPSA) is 159 Å². The van der Waals surface area contributed by atoms with Crippen LogP contribution in [0.2, 0.25) is 0 Å². The standard InChI is InChI=1S/C10H16N2O8S2.2Na/c13-10-4-3-9(20-6-2-8-22(17,18)19)11-12(10)5-1-7-21(14,15)16;;/h3-4H,1-2,5-8H2,(H,14,15,16)(H,17,18,19);;/q;2*+1/p-2. The van der Waals surface area contributed by atoms with E-state index < -0.39 is 37.3 Å². The Labute approximate surface area is 184 Å². The van der Waals surface area contributed by atoms with Gasteiger partial charge in [0.2, 0.25) is 5.88 Å². The molecule has 126 valence electrons. The first-order valence-corrected chi connectivity index (χ1v) is 9.30. The van der Waals surface area contributed by atoms with Crippen LogP contribution in [0.5, 0.6) is 5.88 Å². The Morgan fingerprint density at radius 3 is 2.08 bits per heavy atom. The van der Waals surface area contributed by atoms with Crippen molar-refractivity contribution in [1.29, 1.82) is 0 Å². The summed E-state index contributed by atoms with van der Waals surface area (Å²) >= 11 is 0. The van der Waals surface area contributed by atoms with Gasteiger partial charge in [-0.2, -0.15) is 0 Å². The van der Waals surface area contributed by atoms with Crippen molar-refractivity contribution in [1.82, 2.24) is 9.78 Å². The molecule has 1 aromatic heterocycles. The number of aryl methyl sites for hydroxylation is 1. The van der Waals surface area contributed by atoms with Crippen LogP contribution in [0.25, 0.3) is 0 Å². The maximum atomic E-state index is 11.5. The zero-order chi connectivity index (χ0) is 16.8. The van der Waals surface area contributed by atoms with Crippen molar-refractivity contribution in [2.75, 3.05) is 18.1 Å². The van der Waals surface area contributed by atoms with Crippen LogP contribution in [0.4, 0.5) is 0 Å². The van der Waals surface area contributed by atoms with Gasteiger partial charge in [0.05, 0.1) is 26.8 Å². The normalized spacial score (nSPS) is 11.2. The third-order valence-corrected chi connectivity index (χ3v) is 3.97. The molecule has 0 saturated heterocycles. The van der Waals surface area contributed by atoms with Crippen LogP contribution in [0.3, 0.4) is 0 Å². The minimum atomic E-state index is -4.36. The van der Waals surface area contributed by atoms with Gasteiger partial charge in [-0.25, -0.2) is 21.5 Å². The minimum absolute atomic E-state index is 0. The number of hydrogen-bond donors (Lipinski definition) is 0. The summed E-state index contributed by atoms with van der Waals surface area (Å²) in [6.07, 6.45) is -0.0995. The van der Waals surface area contributed by atoms with Crippen molar-refractivity contribution in [2.45, 2.75) is 19.4 Å². The van der Waals surface area contributed by atoms with Gasteiger partial charge in [-0.1, -0.05) is 0 Å². The summed E-state index contributed by atoms with van der Waals surface area (Å²) in [6.45, 7) is -0.159. The van der Waals surface area contributed by atoms with Crippen molar-refractivity contribution < 1.29 is 89.8 Å². The largest absolute Gasteiger partial charge is 1.00 e. The van der Waals surface area contributed by atoms with E-state index in [0.29, 0.717) is 0 Å². The van der Waals surface area contributed by atoms with Crippen LogP contribution in [0.15, 0.2) is 16.9 Å². The summed E-state index contributed by atoms with van der Waals surface area (Å²) in [5.41, 5.74) is -0.502. The van der Waals surface area contributed by atoms with Crippen LogP contribution in [0, 0.1) is 0 Å². The first kappa shape index (κ1) is 26.7. The number of nitrogens with zero attached hydrogens (tertiary/aromatic N) is 2. The molecule has 0 spiro atoms. The Morgan fingerprint density at radius 1 is 1.00 bits per heavy atom. The molecule has 0 bridgehead atoms. The zero-order valence-electron chi connectivity index (χ0n) is 13.4. The van der Waals surface area contributed by atoms with Crippen LogP contribution in [-0.4, -0.2) is 53.8 Å². The van der Waals surface area contributed by atoms with Crippen molar-refractivity contribution in [2.24, 2.45) is 0 Å². The zero-order valence-corrected chi connectivity index (χ0v) is 19.0. The molecule has 0 N–H and O–H groups in total. The third kappa shape index (κ3) is 12.8. The van der Waals surface area contributed by atoms with Crippen LogP contribution < -0.4 is 69.4 Å². The predicted molar refractivity (Wildman–Crippen MR) is 72.4 cm³/mol. The molecule has 14 heteroatoms. The van der Waals surface area contributed by atoms with Crippen LogP contribution >= 0.6 is 0 Å². The van der Waals surface area contributed by atoms with Gasteiger partial charge in [-0.3, -0.25) is 4.79 Å². The molecule has 10 nitrogen and oxygen atoms in total. The van der Waals surface area contributed by atoms with E-state index in [0.717, 1.165) is 10.7 Å². The molecule has 0 aliphatic rings. The SMILES string of the molecule is O=c1ccc(OCCCS(=O)(=O)[O-])nn1CCCS(=O)(=O)[O-].[Na+].[Na+]. The molecule has 0 atom stereocenters. The van der Waals surface area contributed by atoms with Gasteiger partial charge >= 0.3 is 59.1 Å². The van der Waals surface area contributed by atoms with Gasteiger partial charge in [0.15, 0.2) is 0 Å². The van der Waals surface area contributed by atoms with Crippen LogP contribution in [0.1, 0.15) is 12.8 Å². The summed E-state index contributed by atoms with van der Waals surface area (Å²) in [5.74, 6) is -1.17. The summed E-state index contributed by atoms with van der Waals surface area (Å²) in [7, 11) is -8.67. The average molecular weight is 400 g/mol. The quantitative estimate of drug-likeness (QED) is 0.223. The van der Waals surface area contributed by atoms with Crippen molar-refractivity contribution in [3.05, 3.63) is 22.5 Å². The molecule has 24 heavy (non-hydrogen) atoms. The fourth-order valence-electron chi connectivity index (χ4n) is 1.47. The molecular formula is C10H14N2Na2O8S2. The molecule has 0 aliphatic carbocycles. The Morgan fingerprint density at radius 2 is 1.54 bits per heavy atom. The molecule has 0 fully saturated rings. The Kier molecular flexibility index (Phi) is 13.4. The van der Waals surface area contributed by atoms with Gasteiger partial charge in [0, 0.05) is 30.2 Å². The number of hydrogen-bond acceptors (Lipinski definition) is 9. The van der Waals surface area contributed by atoms with E-state index in [9.17, 15) is 30.7 Å². The monoisotopic (exact) mass is 400 g/mol. The molecule has 0 amide bonds. The fraction of sp³-hybridized carbons (Fsp3) is 0.600. The van der Waals surface area contributed by atoms with E-state index in [4.69, 9.17) is 4.74 Å². The molecule has 1 heterocycles. The molecular weight excluding hydrogens is 386 g/mol. The molecule has 0 aromatic carbocycles. The summed E-state index contributed by atoms with van der Waals surface area (Å²) in [5, 5.41) is 3.78. The first-order chi connectivity index (χ1) is 10.1. The van der Waals surface area contributed by atoms with E-state index in [1.807, 2.05) is 0 Å². The molecule has 0 radical (unpaired) electrons. The second-order valence-electron chi connectivity index (χ2n) is 4.31. The Balaban J connectivity index is 0. The van der Waals surface area contributed by atoms with Gasteiger partial charge in [-0.15, -0.1) is 5.10 Å². The van der Waals surface area contributed by atoms with Gasteiger partial charge < -0.3 is 13.8 Å². The number of ether oxygens (including phenoxy) is 1. The van der Waals surface area contributed by atoms with E-state index in [1.165, 1.54) is 6.07 Å². The van der Waals surface area contributed by atoms with Crippen molar-refractivity contribution in [3.8, 4) is 5.88 Å². The van der Waals surface area contributed by atoms with Crippen molar-refractivity contribution >= 4 is 20.2 Å². The van der Waals surface area contributed by atoms with Gasteiger partial charge in [0.25, 0.3) is 5.56 Å². The molecule has 0 aliphatic heterocycles. The second-order valence-corrected chi connectivity index (χ2v) is 7.36. The maximum absolute atomic E-state index is 11.5.